The van der Waals surface area contributed by atoms with Gasteiger partial charge < -0.3 is 31.1 Å². The van der Waals surface area contributed by atoms with Gasteiger partial charge >= 0.3 is 0 Å². The molecule has 2 amide bonds. The number of hydrogen-bond acceptors (Lipinski definition) is 8. The maximum Gasteiger partial charge on any atom is 0.251 e. The Morgan fingerprint density at radius 2 is 1.97 bits per heavy atom. The predicted molar refractivity (Wildman–Crippen MR) is 140 cm³/mol. The average Bonchev–Trinajstić information content (AvgIpc) is 3.28. The number of ether oxygens (including phenoxy) is 1. The molecule has 1 aliphatic heterocycles. The number of hydrogen-bond donors (Lipinski definition) is 4. The number of nitrogens with zero attached hydrogens (tertiary/aromatic N) is 2. The largest absolute Gasteiger partial charge is 0.386 e. The maximum absolute atomic E-state index is 14.9. The summed E-state index contributed by atoms with van der Waals surface area (Å²) in [7, 11) is 0. The molecule has 0 aliphatic carbocycles. The molecule has 1 fully saturated rings. The number of carbonyl (C=O) groups excluding carboxylic acids is 2. The third kappa shape index (κ3) is 6.69. The van der Waals surface area contributed by atoms with E-state index in [9.17, 15) is 19.1 Å². The second-order valence-electron chi connectivity index (χ2n) is 9.21. The third-order valence-corrected chi connectivity index (χ3v) is 7.02. The van der Waals surface area contributed by atoms with Crippen molar-refractivity contribution < 1.29 is 23.8 Å². The number of nitrogens with two attached hydrogens (primary N) is 1. The third-order valence-electron chi connectivity index (χ3n) is 5.93. The van der Waals surface area contributed by atoms with Crippen molar-refractivity contribution in [2.24, 2.45) is 5.73 Å². The van der Waals surface area contributed by atoms with E-state index in [1.54, 1.807) is 43.0 Å². The lowest BCUT2D eigenvalue weighted by atomic mass is 9.96. The molecule has 0 bridgehead atoms. The minimum atomic E-state index is -1.18. The van der Waals surface area contributed by atoms with Crippen molar-refractivity contribution >= 4 is 34.0 Å². The van der Waals surface area contributed by atoms with Crippen LogP contribution in [0.15, 0.2) is 42.5 Å². The van der Waals surface area contributed by atoms with Crippen molar-refractivity contribution in [2.45, 2.75) is 26.0 Å². The van der Waals surface area contributed by atoms with Crippen molar-refractivity contribution in [1.82, 2.24) is 15.2 Å². The molecular formula is C26H30FN5O4S. The highest BCUT2D eigenvalue weighted by Gasteiger charge is 2.21. The van der Waals surface area contributed by atoms with Crippen LogP contribution in [0.5, 0.6) is 0 Å². The lowest BCUT2D eigenvalue weighted by Gasteiger charge is -2.26. The number of nitrogens with one attached hydrogen (secondary N) is 2. The molecule has 9 nitrogen and oxygen atoms in total. The van der Waals surface area contributed by atoms with Crippen molar-refractivity contribution in [3.8, 4) is 10.4 Å². The van der Waals surface area contributed by atoms with Gasteiger partial charge in [-0.05, 0) is 43.7 Å². The Bertz CT molecular complexity index is 1280. The number of anilines is 2. The minimum Gasteiger partial charge on any atom is -0.386 e. The number of primary amides is 1. The Morgan fingerprint density at radius 3 is 2.65 bits per heavy atom. The fourth-order valence-corrected chi connectivity index (χ4v) is 4.98. The summed E-state index contributed by atoms with van der Waals surface area (Å²) in [6.07, 6.45) is 0. The van der Waals surface area contributed by atoms with Crippen LogP contribution >= 0.6 is 11.3 Å². The molecule has 2 aromatic heterocycles. The second kappa shape index (κ2) is 11.3. The molecule has 3 heterocycles. The van der Waals surface area contributed by atoms with Gasteiger partial charge in [0.15, 0.2) is 0 Å². The summed E-state index contributed by atoms with van der Waals surface area (Å²) in [6, 6.07) is 11.4. The molecule has 1 aliphatic rings. The number of aliphatic hydroxyl groups is 1. The molecule has 4 rings (SSSR count). The Morgan fingerprint density at radius 1 is 1.22 bits per heavy atom. The average molecular weight is 528 g/mol. The zero-order valence-corrected chi connectivity index (χ0v) is 21.5. The number of halogens is 1. The molecule has 0 atom stereocenters. The Labute approximate surface area is 218 Å². The monoisotopic (exact) mass is 527 g/mol. The van der Waals surface area contributed by atoms with Crippen LogP contribution in [0.4, 0.5) is 15.2 Å². The summed E-state index contributed by atoms with van der Waals surface area (Å²) in [5.74, 6) is -0.676. The molecular weight excluding hydrogens is 497 g/mol. The highest BCUT2D eigenvalue weighted by Crippen LogP contribution is 2.38. The topological polar surface area (TPSA) is 130 Å². The first-order chi connectivity index (χ1) is 17.6. The first-order valence-electron chi connectivity index (χ1n) is 11.9. The van der Waals surface area contributed by atoms with E-state index in [4.69, 9.17) is 10.5 Å². The van der Waals surface area contributed by atoms with Gasteiger partial charge in [0.05, 0.1) is 36.6 Å². The molecule has 5 N–H and O–H groups in total. The van der Waals surface area contributed by atoms with E-state index in [2.05, 4.69) is 15.6 Å². The zero-order valence-electron chi connectivity index (χ0n) is 20.7. The Balaban J connectivity index is 1.46. The normalized spacial score (nSPS) is 14.0. The summed E-state index contributed by atoms with van der Waals surface area (Å²) in [5.41, 5.74) is 6.07. The van der Waals surface area contributed by atoms with E-state index >= 15 is 0 Å². The molecule has 0 radical (unpaired) electrons. The summed E-state index contributed by atoms with van der Waals surface area (Å²) in [5, 5.41) is 16.8. The van der Waals surface area contributed by atoms with Gasteiger partial charge in [-0.2, -0.15) is 0 Å². The SMILES string of the molecule is CC(C)(O)c1ccc(-c2cc(C(N)=O)c(Nc3cccc(CNCC(=O)N4CCOCC4)n3)s2)c(F)c1. The molecule has 0 spiro atoms. The Hall–Kier alpha value is -3.38. The number of pyridine rings is 1. The predicted octanol–water partition coefficient (Wildman–Crippen LogP) is 2.97. The highest BCUT2D eigenvalue weighted by atomic mass is 32.1. The lowest BCUT2D eigenvalue weighted by molar-refractivity contribution is -0.134. The van der Waals surface area contributed by atoms with Crippen molar-refractivity contribution in [3.63, 3.8) is 0 Å². The lowest BCUT2D eigenvalue weighted by Crippen LogP contribution is -2.44. The quantitative estimate of drug-likeness (QED) is 0.337. The van der Waals surface area contributed by atoms with Crippen molar-refractivity contribution in [3.05, 3.63) is 65.1 Å². The van der Waals surface area contributed by atoms with E-state index in [1.807, 2.05) is 12.1 Å². The zero-order chi connectivity index (χ0) is 26.6. The number of rotatable bonds is 9. The molecule has 11 heteroatoms. The van der Waals surface area contributed by atoms with Crippen LogP contribution in [0.2, 0.25) is 0 Å². The van der Waals surface area contributed by atoms with Crippen molar-refractivity contribution in [1.29, 1.82) is 0 Å². The molecule has 196 valence electrons. The summed E-state index contributed by atoms with van der Waals surface area (Å²) in [4.78, 5) is 31.2. The van der Waals surface area contributed by atoms with Crippen LogP contribution in [0.1, 0.15) is 35.5 Å². The molecule has 1 aromatic carbocycles. The number of benzene rings is 1. The van der Waals surface area contributed by atoms with Gasteiger partial charge in [-0.15, -0.1) is 11.3 Å². The van der Waals surface area contributed by atoms with Crippen LogP contribution in [-0.2, 0) is 21.7 Å². The van der Waals surface area contributed by atoms with Crippen molar-refractivity contribution in [2.75, 3.05) is 38.2 Å². The maximum atomic E-state index is 14.9. The van der Waals surface area contributed by atoms with Gasteiger partial charge in [-0.25, -0.2) is 9.37 Å². The van der Waals surface area contributed by atoms with Crippen LogP contribution in [0, 0.1) is 5.82 Å². The van der Waals surface area contributed by atoms with Crippen LogP contribution < -0.4 is 16.4 Å². The van der Waals surface area contributed by atoms with E-state index < -0.39 is 17.3 Å². The van der Waals surface area contributed by atoms with Gasteiger partial charge in [0.25, 0.3) is 5.91 Å². The molecule has 37 heavy (non-hydrogen) atoms. The number of thiophene rings is 1. The minimum absolute atomic E-state index is 0.0117. The summed E-state index contributed by atoms with van der Waals surface area (Å²) >= 11 is 1.18. The first-order valence-corrected chi connectivity index (χ1v) is 12.7. The molecule has 1 saturated heterocycles. The van der Waals surface area contributed by atoms with Gasteiger partial charge in [0.1, 0.15) is 16.6 Å². The molecule has 0 unspecified atom stereocenters. The number of morpholine rings is 1. The summed E-state index contributed by atoms with van der Waals surface area (Å²) in [6.45, 7) is 6.03. The van der Waals surface area contributed by atoms with Gasteiger partial charge in [-0.1, -0.05) is 18.2 Å². The van der Waals surface area contributed by atoms with Gasteiger partial charge in [-0.3, -0.25) is 9.59 Å². The number of aromatic nitrogens is 1. The van der Waals surface area contributed by atoms with E-state index in [1.165, 1.54) is 17.4 Å². The standard InChI is InChI=1S/C26H30FN5O4S/c1-26(2,35)16-6-7-18(20(27)12-16)21-13-19(24(28)34)25(37-21)31-22-5-3-4-17(30-22)14-29-15-23(33)32-8-10-36-11-9-32/h3-7,12-13,29,35H,8-11,14-15H2,1-2H3,(H2,28,34)(H,30,31). The fraction of sp³-hybridized carbons (Fsp3) is 0.346. The second-order valence-corrected chi connectivity index (χ2v) is 10.3. The number of amides is 2. The fourth-order valence-electron chi connectivity index (χ4n) is 3.88. The Kier molecular flexibility index (Phi) is 8.18. The molecule has 3 aromatic rings. The van der Waals surface area contributed by atoms with E-state index in [-0.39, 0.29) is 18.0 Å². The highest BCUT2D eigenvalue weighted by molar-refractivity contribution is 7.19. The first kappa shape index (κ1) is 26.7. The van der Waals surface area contributed by atoms with E-state index in [0.717, 1.165) is 0 Å². The number of carbonyl (C=O) groups is 2. The smallest absolute Gasteiger partial charge is 0.251 e. The van der Waals surface area contributed by atoms with Crippen LogP contribution in [-0.4, -0.2) is 59.7 Å². The van der Waals surface area contributed by atoms with Gasteiger partial charge in [0, 0.05) is 30.1 Å². The molecule has 0 saturated carbocycles. The van der Waals surface area contributed by atoms with Gasteiger partial charge in [0.2, 0.25) is 5.91 Å². The summed E-state index contributed by atoms with van der Waals surface area (Å²) < 4.78 is 20.2. The van der Waals surface area contributed by atoms with E-state index in [0.29, 0.717) is 65.4 Å². The van der Waals surface area contributed by atoms with Crippen LogP contribution in [0.25, 0.3) is 10.4 Å². The van der Waals surface area contributed by atoms with Crippen LogP contribution in [0.3, 0.4) is 0 Å².